The standard InChI is InChI=1S/C20H15Cl3F3N4O5P/c1-9(35-36(31,32)33)2-3-10-4-14(22)12(6-13(10)21)17-28-19(34-29-17)16-8-30-7-11(20(24,25)26)5-15(23)18(30)27-16/h4-9H,2-3H2,1H3,(H2,31,32,33). The molecule has 16 heteroatoms. The predicted molar refractivity (Wildman–Crippen MR) is 125 cm³/mol. The Kier molecular flexibility index (Phi) is 7.42. The number of phosphoric ester groups is 1. The minimum atomic E-state index is -4.61. The molecular weight excluding hydrogens is 571 g/mol. The number of pyridine rings is 1. The zero-order valence-electron chi connectivity index (χ0n) is 18.0. The van der Waals surface area contributed by atoms with Crippen LogP contribution >= 0.6 is 42.6 Å². The first-order chi connectivity index (χ1) is 16.7. The van der Waals surface area contributed by atoms with Gasteiger partial charge in [0.15, 0.2) is 5.65 Å². The summed E-state index contributed by atoms with van der Waals surface area (Å²) in [6.07, 6.45) is -2.63. The second kappa shape index (κ2) is 9.94. The Morgan fingerprint density at radius 1 is 1.11 bits per heavy atom. The molecule has 0 radical (unpaired) electrons. The lowest BCUT2D eigenvalue weighted by Gasteiger charge is -2.14. The molecule has 0 bridgehead atoms. The van der Waals surface area contributed by atoms with Gasteiger partial charge in [-0.2, -0.15) is 18.2 Å². The van der Waals surface area contributed by atoms with Crippen molar-refractivity contribution in [3.63, 3.8) is 0 Å². The van der Waals surface area contributed by atoms with E-state index in [1.165, 1.54) is 19.2 Å². The van der Waals surface area contributed by atoms with Crippen molar-refractivity contribution in [2.24, 2.45) is 0 Å². The first-order valence-electron chi connectivity index (χ1n) is 10.0. The molecule has 36 heavy (non-hydrogen) atoms. The van der Waals surface area contributed by atoms with E-state index in [4.69, 9.17) is 49.1 Å². The Bertz CT molecular complexity index is 1490. The average molecular weight is 586 g/mol. The van der Waals surface area contributed by atoms with Crippen LogP contribution in [0.4, 0.5) is 13.2 Å². The molecule has 4 aromatic rings. The average Bonchev–Trinajstić information content (AvgIpc) is 3.39. The molecule has 2 N–H and O–H groups in total. The molecule has 9 nitrogen and oxygen atoms in total. The van der Waals surface area contributed by atoms with E-state index in [0.717, 1.165) is 16.7 Å². The van der Waals surface area contributed by atoms with Crippen molar-refractivity contribution in [1.82, 2.24) is 19.5 Å². The number of hydrogen-bond acceptors (Lipinski definition) is 6. The summed E-state index contributed by atoms with van der Waals surface area (Å²) in [5, 5.41) is 4.17. The summed E-state index contributed by atoms with van der Waals surface area (Å²) in [6, 6.07) is 3.83. The van der Waals surface area contributed by atoms with E-state index in [0.29, 0.717) is 22.6 Å². The highest BCUT2D eigenvalue weighted by molar-refractivity contribution is 7.46. The van der Waals surface area contributed by atoms with Gasteiger partial charge in [-0.25, -0.2) is 9.55 Å². The summed E-state index contributed by atoms with van der Waals surface area (Å²) in [7, 11) is -4.61. The molecule has 0 aliphatic carbocycles. The number of nitrogens with zero attached hydrogens (tertiary/aromatic N) is 4. The fourth-order valence-electron chi connectivity index (χ4n) is 3.35. The molecule has 1 atom stereocenters. The topological polar surface area (TPSA) is 123 Å². The van der Waals surface area contributed by atoms with E-state index in [-0.39, 0.29) is 39.5 Å². The van der Waals surface area contributed by atoms with Crippen LogP contribution in [0.15, 0.2) is 35.1 Å². The van der Waals surface area contributed by atoms with Gasteiger partial charge in [-0.15, -0.1) is 0 Å². The molecule has 1 unspecified atom stereocenters. The van der Waals surface area contributed by atoms with Gasteiger partial charge in [-0.1, -0.05) is 40.0 Å². The summed E-state index contributed by atoms with van der Waals surface area (Å²) < 4.78 is 61.1. The molecule has 0 spiro atoms. The molecule has 0 aliphatic rings. The first kappa shape index (κ1) is 26.9. The van der Waals surface area contributed by atoms with Crippen molar-refractivity contribution >= 4 is 48.3 Å². The van der Waals surface area contributed by atoms with Crippen LogP contribution in [0.2, 0.25) is 15.1 Å². The van der Waals surface area contributed by atoms with Crippen molar-refractivity contribution < 1.29 is 36.6 Å². The van der Waals surface area contributed by atoms with Gasteiger partial charge in [0.25, 0.3) is 5.89 Å². The van der Waals surface area contributed by atoms with Crippen LogP contribution in [-0.4, -0.2) is 35.4 Å². The van der Waals surface area contributed by atoms with Gasteiger partial charge in [0.2, 0.25) is 5.82 Å². The summed E-state index contributed by atoms with van der Waals surface area (Å²) in [6.45, 7) is 1.51. The largest absolute Gasteiger partial charge is 0.469 e. The Balaban J connectivity index is 1.58. The van der Waals surface area contributed by atoms with Crippen molar-refractivity contribution in [3.05, 3.63) is 56.8 Å². The Hall–Kier alpha value is -2.18. The zero-order valence-corrected chi connectivity index (χ0v) is 21.2. The molecule has 0 saturated carbocycles. The normalized spacial score (nSPS) is 13.5. The lowest BCUT2D eigenvalue weighted by molar-refractivity contribution is -0.137. The minimum absolute atomic E-state index is 0.0563. The molecule has 4 rings (SSSR count). The van der Waals surface area contributed by atoms with Crippen LogP contribution in [-0.2, 0) is 21.7 Å². The lowest BCUT2D eigenvalue weighted by Crippen LogP contribution is -2.08. The molecule has 0 fully saturated rings. The predicted octanol–water partition coefficient (Wildman–Crippen LogP) is 6.46. The van der Waals surface area contributed by atoms with Crippen LogP contribution in [0.1, 0.15) is 24.5 Å². The number of benzene rings is 1. The molecule has 0 saturated heterocycles. The fraction of sp³-hybridized carbons (Fsp3) is 0.250. The SMILES string of the molecule is CC(CCc1cc(Cl)c(-c2noc(-c3cn4cc(C(F)(F)F)cc(Cl)c4n3)n2)cc1Cl)OP(=O)(O)O. The van der Waals surface area contributed by atoms with E-state index in [9.17, 15) is 17.7 Å². The second-order valence-electron chi connectivity index (χ2n) is 7.72. The van der Waals surface area contributed by atoms with Crippen LogP contribution in [0.3, 0.4) is 0 Å². The van der Waals surface area contributed by atoms with Crippen LogP contribution in [0.5, 0.6) is 0 Å². The summed E-state index contributed by atoms with van der Waals surface area (Å²) in [5.41, 5.74) is 0.140. The van der Waals surface area contributed by atoms with Crippen molar-refractivity contribution in [2.75, 3.05) is 0 Å². The quantitative estimate of drug-likeness (QED) is 0.237. The highest BCUT2D eigenvalue weighted by Crippen LogP contribution is 2.39. The van der Waals surface area contributed by atoms with Gasteiger partial charge < -0.3 is 18.7 Å². The van der Waals surface area contributed by atoms with Crippen molar-refractivity contribution in [2.45, 2.75) is 32.0 Å². The van der Waals surface area contributed by atoms with E-state index >= 15 is 0 Å². The van der Waals surface area contributed by atoms with Gasteiger partial charge in [-0.05, 0) is 43.5 Å². The Morgan fingerprint density at radius 2 is 1.83 bits per heavy atom. The maximum atomic E-state index is 13.1. The number of imidazole rings is 1. The molecule has 0 aliphatic heterocycles. The van der Waals surface area contributed by atoms with Gasteiger partial charge in [-0.3, -0.25) is 4.52 Å². The number of hydrogen-bond donors (Lipinski definition) is 2. The smallest absolute Gasteiger partial charge is 0.332 e. The number of rotatable bonds is 7. The van der Waals surface area contributed by atoms with E-state index in [2.05, 4.69) is 19.6 Å². The van der Waals surface area contributed by atoms with Crippen LogP contribution < -0.4 is 0 Å². The third-order valence-electron chi connectivity index (χ3n) is 4.99. The van der Waals surface area contributed by atoms with Gasteiger partial charge in [0.05, 0.1) is 21.7 Å². The summed E-state index contributed by atoms with van der Waals surface area (Å²) >= 11 is 18.7. The molecular formula is C20H15Cl3F3N4O5P. The zero-order chi connectivity index (χ0) is 26.4. The molecule has 0 amide bonds. The number of fused-ring (bicyclic) bond motifs is 1. The van der Waals surface area contributed by atoms with Crippen LogP contribution in [0, 0.1) is 0 Å². The monoisotopic (exact) mass is 584 g/mol. The maximum absolute atomic E-state index is 13.1. The maximum Gasteiger partial charge on any atom is 0.469 e. The fourth-order valence-corrected chi connectivity index (χ4v) is 4.71. The number of phosphoric acid groups is 1. The number of aryl methyl sites for hydroxylation is 1. The second-order valence-corrected chi connectivity index (χ2v) is 10.1. The van der Waals surface area contributed by atoms with Gasteiger partial charge in [0, 0.05) is 23.0 Å². The van der Waals surface area contributed by atoms with Gasteiger partial charge >= 0.3 is 14.0 Å². The Morgan fingerprint density at radius 3 is 2.50 bits per heavy atom. The molecule has 192 valence electrons. The molecule has 1 aromatic carbocycles. The minimum Gasteiger partial charge on any atom is -0.332 e. The number of halogens is 6. The Labute approximate surface area is 216 Å². The van der Waals surface area contributed by atoms with E-state index < -0.39 is 25.7 Å². The third kappa shape index (κ3) is 6.03. The molecule has 3 heterocycles. The molecule has 3 aromatic heterocycles. The first-order valence-corrected chi connectivity index (χ1v) is 12.7. The van der Waals surface area contributed by atoms with Crippen molar-refractivity contribution in [1.29, 1.82) is 0 Å². The number of aromatic nitrogens is 4. The third-order valence-corrected chi connectivity index (χ3v) is 6.57. The summed E-state index contributed by atoms with van der Waals surface area (Å²) in [4.78, 5) is 26.2. The van der Waals surface area contributed by atoms with Crippen molar-refractivity contribution in [3.8, 4) is 23.0 Å². The summed E-state index contributed by atoms with van der Waals surface area (Å²) in [5.74, 6) is -0.0289. The lowest BCUT2D eigenvalue weighted by atomic mass is 10.0. The van der Waals surface area contributed by atoms with E-state index in [1.807, 2.05) is 0 Å². The number of alkyl halides is 3. The van der Waals surface area contributed by atoms with E-state index in [1.54, 1.807) is 6.07 Å². The van der Waals surface area contributed by atoms with Gasteiger partial charge in [0.1, 0.15) is 5.69 Å². The van der Waals surface area contributed by atoms with Crippen LogP contribution in [0.25, 0.3) is 28.6 Å². The highest BCUT2D eigenvalue weighted by atomic mass is 35.5. The highest BCUT2D eigenvalue weighted by Gasteiger charge is 2.32.